The number of aryl methyl sites for hydroxylation is 2. The second kappa shape index (κ2) is 7.41. The third-order valence-corrected chi connectivity index (χ3v) is 4.01. The molecule has 0 aromatic heterocycles. The number of carbonyl (C=O) groups excluding carboxylic acids is 2. The highest BCUT2D eigenvalue weighted by atomic mass is 127. The summed E-state index contributed by atoms with van der Waals surface area (Å²) in [5.74, 6) is -0.0819. The highest BCUT2D eigenvalue weighted by Gasteiger charge is 2.30. The Morgan fingerprint density at radius 2 is 1.95 bits per heavy atom. The molecule has 1 atom stereocenters. The van der Waals surface area contributed by atoms with E-state index in [1.54, 1.807) is 6.92 Å². The van der Waals surface area contributed by atoms with E-state index >= 15 is 0 Å². The number of esters is 1. The second-order valence-electron chi connectivity index (χ2n) is 6.24. The van der Waals surface area contributed by atoms with Crippen molar-refractivity contribution >= 4 is 34.7 Å². The van der Waals surface area contributed by atoms with Gasteiger partial charge in [0, 0.05) is 17.4 Å². The number of hydrogen-bond donors (Lipinski definition) is 2. The Balaban J connectivity index is 3.33. The minimum Gasteiger partial charge on any atom is -0.425 e. The predicted octanol–water partition coefficient (Wildman–Crippen LogP) is 2.69. The van der Waals surface area contributed by atoms with Crippen LogP contribution in [0.1, 0.15) is 43.9 Å². The van der Waals surface area contributed by atoms with Crippen LogP contribution in [-0.4, -0.2) is 17.9 Å². The largest absolute Gasteiger partial charge is 0.425 e. The summed E-state index contributed by atoms with van der Waals surface area (Å²) in [6.07, 6.45) is 0.294. The fraction of sp³-hybridized carbons (Fsp3) is 0.500. The van der Waals surface area contributed by atoms with Crippen LogP contribution in [0.4, 0.5) is 0 Å². The van der Waals surface area contributed by atoms with Gasteiger partial charge in [-0.1, -0.05) is 19.9 Å². The number of benzene rings is 1. The summed E-state index contributed by atoms with van der Waals surface area (Å²) in [6.45, 7) is 9.39. The Labute approximate surface area is 145 Å². The van der Waals surface area contributed by atoms with Crippen molar-refractivity contribution in [2.45, 2.75) is 52.5 Å². The summed E-state index contributed by atoms with van der Waals surface area (Å²) in [4.78, 5) is 23.6. The van der Waals surface area contributed by atoms with E-state index < -0.39 is 17.4 Å². The quantitative estimate of drug-likeness (QED) is 0.334. The molecule has 1 unspecified atom stereocenters. The number of amides is 1. The Kier molecular flexibility index (Phi) is 6.37. The minimum atomic E-state index is -0.700. The Hall–Kier alpha value is -1.15. The number of ether oxygens (including phenoxy) is 1. The second-order valence-corrected chi connectivity index (χ2v) is 6.78. The standard InChI is InChI=1S/C16H23IN2O3/c1-9-6-10(2)14(16(4,5)8-13(20)19-17)12(7-9)22-15(21)11(3)18/h6-7,11H,8,18H2,1-5H3,(H,19,20). The van der Waals surface area contributed by atoms with E-state index in [1.165, 1.54) is 0 Å². The lowest BCUT2D eigenvalue weighted by molar-refractivity contribution is -0.135. The molecule has 0 spiro atoms. The number of nitrogens with two attached hydrogens (primary N) is 1. The molecule has 0 aliphatic carbocycles. The summed E-state index contributed by atoms with van der Waals surface area (Å²) in [7, 11) is 0. The van der Waals surface area contributed by atoms with E-state index in [9.17, 15) is 9.59 Å². The SMILES string of the molecule is Cc1cc(C)c(C(C)(C)CC(=O)NI)c(OC(=O)C(C)N)c1. The van der Waals surface area contributed by atoms with Crippen molar-refractivity contribution in [1.29, 1.82) is 0 Å². The maximum absolute atomic E-state index is 11.9. The molecule has 1 aromatic carbocycles. The molecule has 0 saturated heterocycles. The Morgan fingerprint density at radius 3 is 2.45 bits per heavy atom. The molecule has 0 bridgehead atoms. The van der Waals surface area contributed by atoms with Gasteiger partial charge in [-0.3, -0.25) is 8.32 Å². The molecule has 1 rings (SSSR count). The average Bonchev–Trinajstić information content (AvgIpc) is 2.36. The molecular weight excluding hydrogens is 395 g/mol. The molecule has 3 N–H and O–H groups in total. The molecule has 0 heterocycles. The van der Waals surface area contributed by atoms with Crippen LogP contribution >= 0.6 is 22.9 Å². The van der Waals surface area contributed by atoms with Crippen LogP contribution in [0.3, 0.4) is 0 Å². The van der Waals surface area contributed by atoms with Gasteiger partial charge < -0.3 is 10.5 Å². The number of nitrogens with one attached hydrogen (secondary N) is 1. The third kappa shape index (κ3) is 4.67. The number of carbonyl (C=O) groups is 2. The van der Waals surface area contributed by atoms with Gasteiger partial charge in [-0.25, -0.2) is 4.79 Å². The normalized spacial score (nSPS) is 12.7. The van der Waals surface area contributed by atoms with Crippen LogP contribution in [0.2, 0.25) is 0 Å². The Bertz CT molecular complexity index is 583. The van der Waals surface area contributed by atoms with Crippen LogP contribution < -0.4 is 14.0 Å². The zero-order valence-electron chi connectivity index (χ0n) is 13.6. The lowest BCUT2D eigenvalue weighted by Crippen LogP contribution is -2.33. The molecule has 5 nitrogen and oxygen atoms in total. The van der Waals surface area contributed by atoms with Crippen molar-refractivity contribution in [1.82, 2.24) is 3.53 Å². The van der Waals surface area contributed by atoms with Crippen LogP contribution in [0.25, 0.3) is 0 Å². The molecule has 0 aliphatic heterocycles. The lowest BCUT2D eigenvalue weighted by Gasteiger charge is -2.28. The molecule has 0 fully saturated rings. The summed E-state index contributed by atoms with van der Waals surface area (Å²) in [6, 6.07) is 3.13. The number of rotatable bonds is 5. The van der Waals surface area contributed by atoms with Gasteiger partial charge in [0.05, 0.1) is 22.9 Å². The molecule has 1 aromatic rings. The molecular formula is C16H23IN2O3. The Morgan fingerprint density at radius 1 is 1.36 bits per heavy atom. The predicted molar refractivity (Wildman–Crippen MR) is 95.0 cm³/mol. The minimum absolute atomic E-state index is 0.0740. The van der Waals surface area contributed by atoms with Crippen molar-refractivity contribution in [2.75, 3.05) is 0 Å². The van der Waals surface area contributed by atoms with Crippen molar-refractivity contribution in [3.05, 3.63) is 28.8 Å². The van der Waals surface area contributed by atoms with Crippen molar-refractivity contribution in [2.24, 2.45) is 5.73 Å². The van der Waals surface area contributed by atoms with E-state index in [-0.39, 0.29) is 5.91 Å². The van der Waals surface area contributed by atoms with E-state index in [0.717, 1.165) is 16.7 Å². The van der Waals surface area contributed by atoms with Gasteiger partial charge in [-0.15, -0.1) is 0 Å². The maximum atomic E-state index is 11.9. The number of halogens is 1. The van der Waals surface area contributed by atoms with Gasteiger partial charge in [-0.2, -0.15) is 0 Å². The van der Waals surface area contributed by atoms with Gasteiger partial charge >= 0.3 is 5.97 Å². The van der Waals surface area contributed by atoms with Gasteiger partial charge in [-0.05, 0) is 38.0 Å². The zero-order valence-corrected chi connectivity index (χ0v) is 15.8. The smallest absolute Gasteiger partial charge is 0.328 e. The van der Waals surface area contributed by atoms with E-state index in [2.05, 4.69) is 3.53 Å². The van der Waals surface area contributed by atoms with Crippen LogP contribution in [0.15, 0.2) is 12.1 Å². The maximum Gasteiger partial charge on any atom is 0.328 e. The number of hydrogen-bond acceptors (Lipinski definition) is 4. The van der Waals surface area contributed by atoms with Gasteiger partial charge in [0.1, 0.15) is 11.8 Å². The molecule has 0 radical (unpaired) electrons. The van der Waals surface area contributed by atoms with E-state index in [4.69, 9.17) is 10.5 Å². The highest BCUT2D eigenvalue weighted by Crippen LogP contribution is 2.38. The third-order valence-electron chi connectivity index (χ3n) is 3.41. The average molecular weight is 418 g/mol. The first kappa shape index (κ1) is 18.9. The summed E-state index contributed by atoms with van der Waals surface area (Å²) in [5.41, 5.74) is 7.94. The summed E-state index contributed by atoms with van der Waals surface area (Å²) in [5, 5.41) is 0. The highest BCUT2D eigenvalue weighted by molar-refractivity contribution is 14.1. The van der Waals surface area contributed by atoms with Crippen LogP contribution in [0, 0.1) is 13.8 Å². The van der Waals surface area contributed by atoms with Gasteiger partial charge in [0.25, 0.3) is 0 Å². The summed E-state index contributed by atoms with van der Waals surface area (Å²) < 4.78 is 8.08. The lowest BCUT2D eigenvalue weighted by atomic mass is 9.78. The van der Waals surface area contributed by atoms with Crippen LogP contribution in [0.5, 0.6) is 5.75 Å². The topological polar surface area (TPSA) is 81.4 Å². The first-order valence-corrected chi connectivity index (χ1v) is 8.15. The molecule has 122 valence electrons. The van der Waals surface area contributed by atoms with E-state index in [0.29, 0.717) is 12.2 Å². The van der Waals surface area contributed by atoms with E-state index in [1.807, 2.05) is 62.7 Å². The molecule has 0 aliphatic rings. The summed E-state index contributed by atoms with van der Waals surface area (Å²) >= 11 is 1.82. The molecule has 22 heavy (non-hydrogen) atoms. The first-order valence-electron chi connectivity index (χ1n) is 7.07. The van der Waals surface area contributed by atoms with Gasteiger partial charge in [0.15, 0.2) is 0 Å². The van der Waals surface area contributed by atoms with Crippen LogP contribution in [-0.2, 0) is 15.0 Å². The fourth-order valence-corrected chi connectivity index (χ4v) is 2.79. The molecule has 6 heteroatoms. The van der Waals surface area contributed by atoms with Gasteiger partial charge in [0.2, 0.25) is 5.91 Å². The zero-order chi connectivity index (χ0) is 17.1. The molecule has 1 amide bonds. The van der Waals surface area contributed by atoms with Crippen molar-refractivity contribution in [3.8, 4) is 5.75 Å². The fourth-order valence-electron chi connectivity index (χ4n) is 2.60. The molecule has 0 saturated carbocycles. The van der Waals surface area contributed by atoms with Crippen molar-refractivity contribution < 1.29 is 14.3 Å². The first-order chi connectivity index (χ1) is 10.1. The monoisotopic (exact) mass is 418 g/mol. The van der Waals surface area contributed by atoms with Crippen molar-refractivity contribution in [3.63, 3.8) is 0 Å².